The molecule has 0 amide bonds. The van der Waals surface area contributed by atoms with Gasteiger partial charge in [0.1, 0.15) is 0 Å². The molecular formula is C42H34N6. The Labute approximate surface area is 279 Å². The number of rotatable bonds is 2. The van der Waals surface area contributed by atoms with Gasteiger partial charge < -0.3 is 9.80 Å². The van der Waals surface area contributed by atoms with Crippen molar-refractivity contribution >= 4 is 56.5 Å². The molecule has 232 valence electrons. The van der Waals surface area contributed by atoms with Crippen LogP contribution in [-0.2, 0) is 10.8 Å². The highest BCUT2D eigenvalue weighted by Gasteiger charge is 2.41. The van der Waals surface area contributed by atoms with Crippen molar-refractivity contribution in [3.8, 4) is 0 Å². The minimum absolute atomic E-state index is 0.171. The molecule has 6 nitrogen and oxygen atoms in total. The number of aromatic nitrogens is 4. The van der Waals surface area contributed by atoms with E-state index in [1.807, 2.05) is 24.8 Å². The summed E-state index contributed by atoms with van der Waals surface area (Å²) in [5, 5.41) is 0. The predicted octanol–water partition coefficient (Wildman–Crippen LogP) is 10.4. The summed E-state index contributed by atoms with van der Waals surface area (Å²) < 4.78 is 4.36. The first-order chi connectivity index (χ1) is 23.4. The van der Waals surface area contributed by atoms with E-state index in [4.69, 9.17) is 9.97 Å². The summed E-state index contributed by atoms with van der Waals surface area (Å²) in [6, 6.07) is 40.3. The molecule has 8 aromatic rings. The lowest BCUT2D eigenvalue weighted by Gasteiger charge is -2.45. The molecule has 0 saturated heterocycles. The largest absolute Gasteiger partial charge is 0.308 e. The fraction of sp³-hybridized carbons (Fsp3) is 0.143. The van der Waals surface area contributed by atoms with Gasteiger partial charge in [0.05, 0.1) is 45.2 Å². The van der Waals surface area contributed by atoms with Gasteiger partial charge in [-0.2, -0.15) is 0 Å². The highest BCUT2D eigenvalue weighted by atomic mass is 15.2. The summed E-state index contributed by atoms with van der Waals surface area (Å²) >= 11 is 0. The fourth-order valence-electron chi connectivity index (χ4n) is 8.48. The molecule has 10 rings (SSSR count). The zero-order chi connectivity index (χ0) is 32.4. The Morgan fingerprint density at radius 1 is 0.417 bits per heavy atom. The fourth-order valence-corrected chi connectivity index (χ4v) is 8.48. The van der Waals surface area contributed by atoms with Gasteiger partial charge in [-0.1, -0.05) is 100 Å². The van der Waals surface area contributed by atoms with Gasteiger partial charge in [0.25, 0.3) is 0 Å². The first-order valence-electron chi connectivity index (χ1n) is 16.6. The summed E-state index contributed by atoms with van der Waals surface area (Å²) in [4.78, 5) is 14.5. The molecule has 5 heterocycles. The van der Waals surface area contributed by atoms with Crippen molar-refractivity contribution in [3.05, 3.63) is 156 Å². The Morgan fingerprint density at radius 3 is 1.06 bits per heavy atom. The van der Waals surface area contributed by atoms with Crippen molar-refractivity contribution in [2.24, 2.45) is 0 Å². The van der Waals surface area contributed by atoms with E-state index in [9.17, 15) is 0 Å². The molecule has 3 aromatic heterocycles. The monoisotopic (exact) mass is 622 g/mol. The number of anilines is 6. The second kappa shape index (κ2) is 9.35. The number of benzene rings is 5. The Hall–Kier alpha value is -5.88. The van der Waals surface area contributed by atoms with Crippen molar-refractivity contribution in [1.29, 1.82) is 0 Å². The predicted molar refractivity (Wildman–Crippen MR) is 195 cm³/mol. The zero-order valence-electron chi connectivity index (χ0n) is 27.4. The molecule has 0 fully saturated rings. The lowest BCUT2D eigenvalue weighted by molar-refractivity contribution is 0.630. The van der Waals surface area contributed by atoms with Crippen LogP contribution in [0.3, 0.4) is 0 Å². The smallest absolute Gasteiger partial charge is 0.181 e. The third kappa shape index (κ3) is 3.41. The lowest BCUT2D eigenvalue weighted by Crippen LogP contribution is -2.33. The van der Waals surface area contributed by atoms with Gasteiger partial charge in [0, 0.05) is 35.6 Å². The summed E-state index contributed by atoms with van der Waals surface area (Å²) in [5.74, 6) is 0. The molecule has 0 unspecified atom stereocenters. The second-order valence-electron chi connectivity index (χ2n) is 14.1. The summed E-state index contributed by atoms with van der Waals surface area (Å²) in [6.45, 7) is 9.36. The summed E-state index contributed by atoms with van der Waals surface area (Å²) in [5.41, 5.74) is 15.6. The number of nitrogens with zero attached hydrogens (tertiary/aromatic N) is 6. The number of hydrogen-bond acceptors (Lipinski definition) is 4. The molecule has 6 heteroatoms. The van der Waals surface area contributed by atoms with Crippen molar-refractivity contribution in [2.75, 3.05) is 9.80 Å². The molecule has 0 N–H and O–H groups in total. The standard InChI is InChI=1S/C42H34N6/c1-41(2)27-13-5-9-17-31(27)47(32-18-10-6-14-28(32)41)37-25-35-36(46-24-22-44-40(46)39-43-21-23-45(35)39)26-38(37)48-33-19-11-7-15-29(33)42(3,4)30-16-8-12-20-34(30)48/h5-26H,1-4H3. The van der Waals surface area contributed by atoms with Crippen molar-refractivity contribution < 1.29 is 0 Å². The molecule has 48 heavy (non-hydrogen) atoms. The number of hydrogen-bond donors (Lipinski definition) is 0. The van der Waals surface area contributed by atoms with E-state index < -0.39 is 0 Å². The van der Waals surface area contributed by atoms with E-state index >= 15 is 0 Å². The summed E-state index contributed by atoms with van der Waals surface area (Å²) in [6.07, 6.45) is 7.82. The first kappa shape index (κ1) is 27.3. The third-order valence-corrected chi connectivity index (χ3v) is 10.8. The van der Waals surface area contributed by atoms with E-state index in [0.717, 1.165) is 33.7 Å². The van der Waals surface area contributed by atoms with E-state index in [1.165, 1.54) is 45.0 Å². The van der Waals surface area contributed by atoms with Crippen LogP contribution in [0.4, 0.5) is 34.1 Å². The molecule has 2 aliphatic heterocycles. The van der Waals surface area contributed by atoms with Crippen LogP contribution in [0, 0.1) is 0 Å². The van der Waals surface area contributed by atoms with Crippen LogP contribution in [0.2, 0.25) is 0 Å². The average molecular weight is 623 g/mol. The van der Waals surface area contributed by atoms with E-state index in [2.05, 4.69) is 155 Å². The highest BCUT2D eigenvalue weighted by Crippen LogP contribution is 2.58. The van der Waals surface area contributed by atoms with Crippen LogP contribution in [0.1, 0.15) is 49.9 Å². The second-order valence-corrected chi connectivity index (χ2v) is 14.1. The molecule has 0 bridgehead atoms. The molecule has 5 aromatic carbocycles. The topological polar surface area (TPSA) is 41.1 Å². The minimum Gasteiger partial charge on any atom is -0.308 e. The van der Waals surface area contributed by atoms with Crippen LogP contribution in [0.5, 0.6) is 0 Å². The number of imidazole rings is 2. The summed E-state index contributed by atoms with van der Waals surface area (Å²) in [7, 11) is 0. The van der Waals surface area contributed by atoms with Gasteiger partial charge in [0.15, 0.2) is 11.3 Å². The average Bonchev–Trinajstić information content (AvgIpc) is 3.80. The first-order valence-corrected chi connectivity index (χ1v) is 16.6. The van der Waals surface area contributed by atoms with Crippen LogP contribution in [0.15, 0.2) is 134 Å². The molecule has 0 saturated carbocycles. The molecule has 0 radical (unpaired) electrons. The Morgan fingerprint density at radius 2 is 0.729 bits per heavy atom. The van der Waals surface area contributed by atoms with Crippen LogP contribution < -0.4 is 9.80 Å². The minimum atomic E-state index is -0.171. The van der Waals surface area contributed by atoms with Crippen LogP contribution in [-0.4, -0.2) is 18.8 Å². The van der Waals surface area contributed by atoms with E-state index in [-0.39, 0.29) is 10.8 Å². The molecule has 0 atom stereocenters. The van der Waals surface area contributed by atoms with Crippen LogP contribution in [0.25, 0.3) is 22.3 Å². The maximum atomic E-state index is 4.75. The Bertz CT molecular complexity index is 2320. The molecule has 2 aliphatic rings. The van der Waals surface area contributed by atoms with E-state index in [0.29, 0.717) is 0 Å². The SMILES string of the molecule is CC1(C)c2ccccc2N(c2cc3c(cc2N2c4ccccc4C(C)(C)c4ccccc42)n2ccnc2c2nccn32)c2ccccc21. The molecule has 0 spiro atoms. The maximum Gasteiger partial charge on any atom is 0.181 e. The van der Waals surface area contributed by atoms with Gasteiger partial charge >= 0.3 is 0 Å². The Kier molecular flexibility index (Phi) is 5.31. The Balaban J connectivity index is 1.39. The van der Waals surface area contributed by atoms with Crippen molar-refractivity contribution in [3.63, 3.8) is 0 Å². The molecular weight excluding hydrogens is 589 g/mol. The van der Waals surface area contributed by atoms with E-state index in [1.54, 1.807) is 0 Å². The van der Waals surface area contributed by atoms with Gasteiger partial charge in [-0.3, -0.25) is 8.80 Å². The molecule has 0 aliphatic carbocycles. The quantitative estimate of drug-likeness (QED) is 0.192. The van der Waals surface area contributed by atoms with Crippen molar-refractivity contribution in [2.45, 2.75) is 38.5 Å². The zero-order valence-corrected chi connectivity index (χ0v) is 27.4. The van der Waals surface area contributed by atoms with Crippen LogP contribution >= 0.6 is 0 Å². The number of para-hydroxylation sites is 4. The maximum absolute atomic E-state index is 4.75. The van der Waals surface area contributed by atoms with Crippen molar-refractivity contribution in [1.82, 2.24) is 18.8 Å². The highest BCUT2D eigenvalue weighted by molar-refractivity contribution is 6.02. The van der Waals surface area contributed by atoms with Gasteiger partial charge in [-0.15, -0.1) is 0 Å². The van der Waals surface area contributed by atoms with Gasteiger partial charge in [-0.05, 0) is 58.7 Å². The third-order valence-electron chi connectivity index (χ3n) is 10.8. The normalized spacial score (nSPS) is 15.8. The van der Waals surface area contributed by atoms with Gasteiger partial charge in [-0.25, -0.2) is 9.97 Å². The number of fused-ring (bicyclic) bond motifs is 10. The van der Waals surface area contributed by atoms with Gasteiger partial charge in [0.2, 0.25) is 0 Å². The lowest BCUT2D eigenvalue weighted by atomic mass is 9.73.